The van der Waals surface area contributed by atoms with Gasteiger partial charge in [-0.2, -0.15) is 0 Å². The molecule has 1 aromatic carbocycles. The Kier molecular flexibility index (Phi) is 2.86. The van der Waals surface area contributed by atoms with E-state index < -0.39 is 0 Å². The largest absolute Gasteiger partial charge is 0.361 e. The Bertz CT molecular complexity index is 779. The monoisotopic (exact) mass is 279 g/mol. The molecule has 0 radical (unpaired) electrons. The number of hydrogen-bond acceptors (Lipinski definition) is 4. The Labute approximate surface area is 123 Å². The van der Waals surface area contributed by atoms with Crippen LogP contribution in [-0.4, -0.2) is 33.4 Å². The Balaban J connectivity index is 1.73. The molecule has 0 amide bonds. The minimum atomic E-state index is 0.243. The van der Waals surface area contributed by atoms with E-state index >= 15 is 0 Å². The van der Waals surface area contributed by atoms with E-state index in [2.05, 4.69) is 56.5 Å². The van der Waals surface area contributed by atoms with Crippen LogP contribution < -0.4 is 5.32 Å². The van der Waals surface area contributed by atoms with Crippen molar-refractivity contribution < 1.29 is 0 Å². The highest BCUT2D eigenvalue weighted by Crippen LogP contribution is 2.29. The third kappa shape index (κ3) is 2.15. The van der Waals surface area contributed by atoms with Crippen molar-refractivity contribution in [3.05, 3.63) is 54.0 Å². The Morgan fingerprint density at radius 2 is 2.14 bits per heavy atom. The predicted octanol–water partition coefficient (Wildman–Crippen LogP) is 2.56. The van der Waals surface area contributed by atoms with Gasteiger partial charge in [0.2, 0.25) is 0 Å². The smallest absolute Gasteiger partial charge is 0.142 e. The van der Waals surface area contributed by atoms with Crippen molar-refractivity contribution in [1.82, 2.24) is 19.9 Å². The van der Waals surface area contributed by atoms with Gasteiger partial charge in [-0.3, -0.25) is 4.90 Å². The molecule has 1 aliphatic rings. The van der Waals surface area contributed by atoms with Crippen LogP contribution in [0.1, 0.15) is 17.2 Å². The summed E-state index contributed by atoms with van der Waals surface area (Å²) < 4.78 is 0. The first kappa shape index (κ1) is 12.3. The first-order valence-corrected chi connectivity index (χ1v) is 7.12. The van der Waals surface area contributed by atoms with Gasteiger partial charge in [-0.1, -0.05) is 24.3 Å². The van der Waals surface area contributed by atoms with Crippen LogP contribution in [0.15, 0.2) is 42.9 Å². The van der Waals surface area contributed by atoms with Crippen molar-refractivity contribution in [3.8, 4) is 0 Å². The lowest BCUT2D eigenvalue weighted by molar-refractivity contribution is 0.291. The number of fused-ring (bicyclic) bond motifs is 2. The molecular formula is C16H17N5. The highest BCUT2D eigenvalue weighted by Gasteiger charge is 2.23. The molecule has 5 nitrogen and oxygen atoms in total. The minimum Gasteiger partial charge on any atom is -0.361 e. The highest BCUT2D eigenvalue weighted by molar-refractivity contribution is 5.86. The van der Waals surface area contributed by atoms with Gasteiger partial charge in [0.15, 0.2) is 0 Å². The standard InChI is InChI=1S/C16H17N5/c1-21-8-11-4-2-3-5-12(11)14(9-21)20-16-13-6-7-17-15(13)18-10-19-16/h2-7,10,14H,8-9H2,1H3,(H2,17,18,19,20). The molecule has 0 saturated carbocycles. The fourth-order valence-electron chi connectivity index (χ4n) is 3.06. The van der Waals surface area contributed by atoms with Crippen LogP contribution >= 0.6 is 0 Å². The number of anilines is 1. The van der Waals surface area contributed by atoms with Gasteiger partial charge in [0, 0.05) is 19.3 Å². The molecule has 2 N–H and O–H groups in total. The molecule has 3 heterocycles. The molecule has 0 aliphatic carbocycles. The van der Waals surface area contributed by atoms with Gasteiger partial charge >= 0.3 is 0 Å². The Hall–Kier alpha value is -2.40. The molecule has 2 aromatic heterocycles. The van der Waals surface area contributed by atoms with E-state index in [1.807, 2.05) is 12.3 Å². The van der Waals surface area contributed by atoms with Crippen LogP contribution in [-0.2, 0) is 6.54 Å². The van der Waals surface area contributed by atoms with E-state index in [4.69, 9.17) is 0 Å². The maximum Gasteiger partial charge on any atom is 0.142 e. The van der Waals surface area contributed by atoms with Crippen molar-refractivity contribution >= 4 is 16.9 Å². The second-order valence-electron chi connectivity index (χ2n) is 5.55. The second kappa shape index (κ2) is 4.86. The number of aromatic amines is 1. The summed E-state index contributed by atoms with van der Waals surface area (Å²) in [6, 6.07) is 10.9. The average Bonchev–Trinajstić information content (AvgIpc) is 2.96. The summed E-state index contributed by atoms with van der Waals surface area (Å²) in [5.41, 5.74) is 3.60. The van der Waals surface area contributed by atoms with Crippen molar-refractivity contribution in [2.45, 2.75) is 12.6 Å². The highest BCUT2D eigenvalue weighted by atomic mass is 15.2. The number of rotatable bonds is 2. The zero-order valence-electron chi connectivity index (χ0n) is 11.9. The number of H-pyrrole nitrogens is 1. The van der Waals surface area contributed by atoms with Crippen LogP contribution in [0, 0.1) is 0 Å². The quantitative estimate of drug-likeness (QED) is 0.757. The van der Waals surface area contributed by atoms with Crippen molar-refractivity contribution in [1.29, 1.82) is 0 Å². The van der Waals surface area contributed by atoms with Gasteiger partial charge in [-0.25, -0.2) is 9.97 Å². The topological polar surface area (TPSA) is 56.8 Å². The van der Waals surface area contributed by atoms with Gasteiger partial charge in [0.25, 0.3) is 0 Å². The summed E-state index contributed by atoms with van der Waals surface area (Å²) in [7, 11) is 2.15. The number of nitrogens with one attached hydrogen (secondary N) is 2. The molecule has 106 valence electrons. The summed E-state index contributed by atoms with van der Waals surface area (Å²) in [6.07, 6.45) is 3.49. The maximum atomic E-state index is 4.41. The molecule has 0 saturated heterocycles. The van der Waals surface area contributed by atoms with Crippen LogP contribution in [0.5, 0.6) is 0 Å². The third-order valence-electron chi connectivity index (χ3n) is 4.03. The van der Waals surface area contributed by atoms with Crippen molar-refractivity contribution in [2.75, 3.05) is 18.9 Å². The van der Waals surface area contributed by atoms with E-state index in [1.165, 1.54) is 11.1 Å². The van der Waals surface area contributed by atoms with Crippen LogP contribution in [0.25, 0.3) is 11.0 Å². The molecule has 1 atom stereocenters. The molecule has 21 heavy (non-hydrogen) atoms. The van der Waals surface area contributed by atoms with E-state index in [1.54, 1.807) is 6.33 Å². The van der Waals surface area contributed by atoms with Gasteiger partial charge in [0.05, 0.1) is 11.4 Å². The molecule has 0 fully saturated rings. The van der Waals surface area contributed by atoms with Crippen LogP contribution in [0.3, 0.4) is 0 Å². The average molecular weight is 279 g/mol. The molecule has 5 heteroatoms. The number of aromatic nitrogens is 3. The lowest BCUT2D eigenvalue weighted by Gasteiger charge is -2.33. The molecule has 0 spiro atoms. The molecule has 1 unspecified atom stereocenters. The van der Waals surface area contributed by atoms with E-state index in [9.17, 15) is 0 Å². The zero-order chi connectivity index (χ0) is 14.2. The molecule has 0 bridgehead atoms. The number of nitrogens with zero attached hydrogens (tertiary/aromatic N) is 3. The lowest BCUT2D eigenvalue weighted by Crippen LogP contribution is -2.34. The summed E-state index contributed by atoms with van der Waals surface area (Å²) in [5.74, 6) is 0.886. The summed E-state index contributed by atoms with van der Waals surface area (Å²) in [5, 5.41) is 4.61. The van der Waals surface area contributed by atoms with Crippen molar-refractivity contribution in [3.63, 3.8) is 0 Å². The summed E-state index contributed by atoms with van der Waals surface area (Å²) in [4.78, 5) is 14.1. The third-order valence-corrected chi connectivity index (χ3v) is 4.03. The first-order chi connectivity index (χ1) is 10.3. The number of likely N-dealkylation sites (N-methyl/N-ethyl adjacent to an activating group) is 1. The van der Waals surface area contributed by atoms with Gasteiger partial charge in [0.1, 0.15) is 17.8 Å². The molecular weight excluding hydrogens is 262 g/mol. The molecule has 1 aliphatic heterocycles. The summed E-state index contributed by atoms with van der Waals surface area (Å²) >= 11 is 0. The second-order valence-corrected chi connectivity index (χ2v) is 5.55. The fraction of sp³-hybridized carbons (Fsp3) is 0.250. The lowest BCUT2D eigenvalue weighted by atomic mass is 9.95. The predicted molar refractivity (Wildman–Crippen MR) is 83.0 cm³/mol. The molecule has 4 rings (SSSR count). The normalized spacial score (nSPS) is 18.6. The van der Waals surface area contributed by atoms with E-state index in [-0.39, 0.29) is 6.04 Å². The van der Waals surface area contributed by atoms with Crippen LogP contribution in [0.4, 0.5) is 5.82 Å². The Morgan fingerprint density at radius 3 is 3.10 bits per heavy atom. The van der Waals surface area contributed by atoms with Crippen LogP contribution in [0.2, 0.25) is 0 Å². The minimum absolute atomic E-state index is 0.243. The number of hydrogen-bond donors (Lipinski definition) is 2. The van der Waals surface area contributed by atoms with Gasteiger partial charge in [-0.15, -0.1) is 0 Å². The first-order valence-electron chi connectivity index (χ1n) is 7.12. The molecule has 3 aromatic rings. The maximum absolute atomic E-state index is 4.41. The van der Waals surface area contributed by atoms with E-state index in [0.29, 0.717) is 0 Å². The van der Waals surface area contributed by atoms with E-state index in [0.717, 1.165) is 29.9 Å². The Morgan fingerprint density at radius 1 is 1.24 bits per heavy atom. The van der Waals surface area contributed by atoms with Gasteiger partial charge in [-0.05, 0) is 24.2 Å². The van der Waals surface area contributed by atoms with Gasteiger partial charge < -0.3 is 10.3 Å². The SMILES string of the molecule is CN1Cc2ccccc2C(Nc2ncnc3[nH]ccc23)C1. The van der Waals surface area contributed by atoms with Crippen molar-refractivity contribution in [2.24, 2.45) is 0 Å². The number of benzene rings is 1. The zero-order valence-corrected chi connectivity index (χ0v) is 11.9. The fourth-order valence-corrected chi connectivity index (χ4v) is 3.06. The summed E-state index contributed by atoms with van der Waals surface area (Å²) in [6.45, 7) is 1.96.